The minimum atomic E-state index is 0.514. The molecule has 0 atom stereocenters. The van der Waals surface area contributed by atoms with E-state index >= 15 is 0 Å². The van der Waals surface area contributed by atoms with Crippen LogP contribution in [-0.2, 0) is 5.88 Å². The van der Waals surface area contributed by atoms with E-state index in [0.29, 0.717) is 5.88 Å². The Kier molecular flexibility index (Phi) is 4.38. The van der Waals surface area contributed by atoms with Gasteiger partial charge in [-0.05, 0) is 61.2 Å². The van der Waals surface area contributed by atoms with Gasteiger partial charge in [-0.1, -0.05) is 23.7 Å². The van der Waals surface area contributed by atoms with E-state index in [9.17, 15) is 0 Å². The van der Waals surface area contributed by atoms with Crippen molar-refractivity contribution in [3.05, 3.63) is 57.6 Å². The number of halogens is 2. The summed E-state index contributed by atoms with van der Waals surface area (Å²) in [5.74, 6) is 2.16. The van der Waals surface area contributed by atoms with E-state index in [4.69, 9.17) is 27.9 Å². The van der Waals surface area contributed by atoms with Gasteiger partial charge in [0.1, 0.15) is 11.5 Å². The quantitative estimate of drug-likeness (QED) is 0.650. The van der Waals surface area contributed by atoms with Crippen LogP contribution in [0.2, 0.25) is 5.02 Å². The summed E-state index contributed by atoms with van der Waals surface area (Å²) in [5.41, 5.74) is 4.21. The molecule has 0 aliphatic heterocycles. The van der Waals surface area contributed by atoms with E-state index in [0.717, 1.165) is 38.8 Å². The zero-order valence-electron chi connectivity index (χ0n) is 11.3. The summed E-state index contributed by atoms with van der Waals surface area (Å²) in [6, 6.07) is 9.86. The van der Waals surface area contributed by atoms with Crippen molar-refractivity contribution in [2.45, 2.75) is 26.7 Å². The summed E-state index contributed by atoms with van der Waals surface area (Å²) in [6.07, 6.45) is 0. The topological polar surface area (TPSA) is 9.23 Å². The van der Waals surface area contributed by atoms with Crippen molar-refractivity contribution in [1.82, 2.24) is 0 Å². The molecule has 0 aromatic heterocycles. The number of hydrogen-bond acceptors (Lipinski definition) is 1. The van der Waals surface area contributed by atoms with E-state index in [1.165, 1.54) is 0 Å². The number of alkyl halides is 1. The molecule has 100 valence electrons. The number of benzene rings is 2. The maximum absolute atomic E-state index is 6.15. The van der Waals surface area contributed by atoms with Gasteiger partial charge in [0.25, 0.3) is 0 Å². The molecule has 0 aliphatic rings. The maximum Gasteiger partial charge on any atom is 0.130 e. The fourth-order valence-electron chi connectivity index (χ4n) is 2.00. The minimum absolute atomic E-state index is 0.514. The second-order valence-corrected chi connectivity index (χ2v) is 5.35. The average molecular weight is 295 g/mol. The van der Waals surface area contributed by atoms with Gasteiger partial charge in [0.15, 0.2) is 0 Å². The van der Waals surface area contributed by atoms with Gasteiger partial charge in [-0.3, -0.25) is 0 Å². The molecule has 0 heterocycles. The molecular formula is C16H16Cl2O. The first-order chi connectivity index (χ1) is 9.01. The van der Waals surface area contributed by atoms with E-state index in [1.807, 2.05) is 51.1 Å². The Hall–Kier alpha value is -1.18. The van der Waals surface area contributed by atoms with Gasteiger partial charge < -0.3 is 4.74 Å². The van der Waals surface area contributed by atoms with Crippen molar-refractivity contribution >= 4 is 23.2 Å². The minimum Gasteiger partial charge on any atom is -0.457 e. The van der Waals surface area contributed by atoms with Gasteiger partial charge in [0.05, 0.1) is 0 Å². The predicted molar refractivity (Wildman–Crippen MR) is 81.7 cm³/mol. The molecule has 0 radical (unpaired) electrons. The Bertz CT molecular complexity index is 583. The van der Waals surface area contributed by atoms with Crippen LogP contribution < -0.4 is 4.74 Å². The Morgan fingerprint density at radius 3 is 2.11 bits per heavy atom. The third-order valence-electron chi connectivity index (χ3n) is 3.03. The standard InChI is InChI=1S/C16H16Cl2O/c1-10-6-13(9-17)4-5-15(10)19-14-7-11(2)16(18)12(3)8-14/h4-8H,9H2,1-3H3. The van der Waals surface area contributed by atoms with Gasteiger partial charge in [-0.25, -0.2) is 0 Å². The molecule has 2 aromatic rings. The first-order valence-electron chi connectivity index (χ1n) is 6.11. The zero-order chi connectivity index (χ0) is 14.0. The summed E-state index contributed by atoms with van der Waals surface area (Å²) in [7, 11) is 0. The van der Waals surface area contributed by atoms with Crippen molar-refractivity contribution in [1.29, 1.82) is 0 Å². The zero-order valence-corrected chi connectivity index (χ0v) is 12.8. The molecule has 2 rings (SSSR count). The molecule has 0 fully saturated rings. The average Bonchev–Trinajstić information content (AvgIpc) is 2.38. The van der Waals surface area contributed by atoms with Crippen LogP contribution in [0.1, 0.15) is 22.3 Å². The lowest BCUT2D eigenvalue weighted by Crippen LogP contribution is -1.91. The molecule has 3 heteroatoms. The Labute approximate surface area is 124 Å². The second kappa shape index (κ2) is 5.85. The third-order valence-corrected chi connectivity index (χ3v) is 3.94. The molecule has 2 aromatic carbocycles. The van der Waals surface area contributed by atoms with Gasteiger partial charge >= 0.3 is 0 Å². The summed E-state index contributed by atoms with van der Waals surface area (Å²) in [6.45, 7) is 5.97. The van der Waals surface area contributed by atoms with Crippen molar-refractivity contribution in [2.75, 3.05) is 0 Å². The lowest BCUT2D eigenvalue weighted by Gasteiger charge is -2.12. The second-order valence-electron chi connectivity index (χ2n) is 4.71. The van der Waals surface area contributed by atoms with Crippen molar-refractivity contribution in [3.63, 3.8) is 0 Å². The molecule has 19 heavy (non-hydrogen) atoms. The van der Waals surface area contributed by atoms with Crippen LogP contribution in [0.4, 0.5) is 0 Å². The molecule has 0 aliphatic carbocycles. The van der Waals surface area contributed by atoms with E-state index < -0.39 is 0 Å². The molecule has 0 amide bonds. The van der Waals surface area contributed by atoms with Crippen molar-refractivity contribution in [2.24, 2.45) is 0 Å². The fourth-order valence-corrected chi connectivity index (χ4v) is 2.28. The normalized spacial score (nSPS) is 10.6. The fraction of sp³-hybridized carbons (Fsp3) is 0.250. The highest BCUT2D eigenvalue weighted by Gasteiger charge is 2.06. The monoisotopic (exact) mass is 294 g/mol. The van der Waals surface area contributed by atoms with Crippen LogP contribution in [0.5, 0.6) is 11.5 Å². The highest BCUT2D eigenvalue weighted by atomic mass is 35.5. The van der Waals surface area contributed by atoms with E-state index in [-0.39, 0.29) is 0 Å². The molecule has 0 saturated heterocycles. The molecular weight excluding hydrogens is 279 g/mol. The highest BCUT2D eigenvalue weighted by molar-refractivity contribution is 6.32. The smallest absolute Gasteiger partial charge is 0.130 e. The van der Waals surface area contributed by atoms with Crippen molar-refractivity contribution < 1.29 is 4.74 Å². The van der Waals surface area contributed by atoms with Crippen LogP contribution in [0, 0.1) is 20.8 Å². The lowest BCUT2D eigenvalue weighted by molar-refractivity contribution is 0.478. The van der Waals surface area contributed by atoms with Gasteiger partial charge in [-0.2, -0.15) is 0 Å². The number of aryl methyl sites for hydroxylation is 3. The Balaban J connectivity index is 2.31. The largest absolute Gasteiger partial charge is 0.457 e. The van der Waals surface area contributed by atoms with Gasteiger partial charge in [0.2, 0.25) is 0 Å². The lowest BCUT2D eigenvalue weighted by atomic mass is 10.1. The Morgan fingerprint density at radius 2 is 1.58 bits per heavy atom. The summed E-state index contributed by atoms with van der Waals surface area (Å²) >= 11 is 12.0. The molecule has 0 bridgehead atoms. The number of ether oxygens (including phenoxy) is 1. The number of hydrogen-bond donors (Lipinski definition) is 0. The van der Waals surface area contributed by atoms with Crippen LogP contribution in [0.25, 0.3) is 0 Å². The van der Waals surface area contributed by atoms with E-state index in [1.54, 1.807) is 0 Å². The maximum atomic E-state index is 6.15. The molecule has 1 nitrogen and oxygen atoms in total. The Morgan fingerprint density at radius 1 is 0.947 bits per heavy atom. The number of rotatable bonds is 3. The van der Waals surface area contributed by atoms with E-state index in [2.05, 4.69) is 0 Å². The van der Waals surface area contributed by atoms with Crippen LogP contribution in [-0.4, -0.2) is 0 Å². The molecule has 0 saturated carbocycles. The molecule has 0 unspecified atom stereocenters. The SMILES string of the molecule is Cc1cc(CCl)ccc1Oc1cc(C)c(Cl)c(C)c1. The van der Waals surface area contributed by atoms with Crippen LogP contribution in [0.3, 0.4) is 0 Å². The third kappa shape index (κ3) is 3.23. The van der Waals surface area contributed by atoms with Gasteiger partial charge in [-0.15, -0.1) is 11.6 Å². The van der Waals surface area contributed by atoms with Crippen LogP contribution in [0.15, 0.2) is 30.3 Å². The van der Waals surface area contributed by atoms with Crippen molar-refractivity contribution in [3.8, 4) is 11.5 Å². The predicted octanol–water partition coefficient (Wildman–Crippen LogP) is 5.80. The summed E-state index contributed by atoms with van der Waals surface area (Å²) < 4.78 is 5.92. The van der Waals surface area contributed by atoms with Gasteiger partial charge in [0, 0.05) is 10.9 Å². The molecule has 0 N–H and O–H groups in total. The summed E-state index contributed by atoms with van der Waals surface area (Å²) in [5, 5.41) is 0.793. The first-order valence-corrected chi connectivity index (χ1v) is 7.02. The van der Waals surface area contributed by atoms with Crippen LogP contribution >= 0.6 is 23.2 Å². The highest BCUT2D eigenvalue weighted by Crippen LogP contribution is 2.31. The first kappa shape index (κ1) is 14.2. The molecule has 0 spiro atoms. The summed E-state index contributed by atoms with van der Waals surface area (Å²) in [4.78, 5) is 0.